The highest BCUT2D eigenvalue weighted by Gasteiger charge is 2.28. The van der Waals surface area contributed by atoms with E-state index >= 15 is 0 Å². The fourth-order valence-electron chi connectivity index (χ4n) is 2.30. The van der Waals surface area contributed by atoms with Crippen LogP contribution in [0.4, 0.5) is 0 Å². The van der Waals surface area contributed by atoms with Crippen LogP contribution in [0.3, 0.4) is 0 Å². The van der Waals surface area contributed by atoms with Crippen molar-refractivity contribution < 1.29 is 9.90 Å². The SMILES string of the molecule is O=C(O)[C@H]1Cc2cc3ccccc3nc2C1. The number of rotatable bonds is 1. The van der Waals surface area contributed by atoms with Gasteiger partial charge in [0.1, 0.15) is 0 Å². The second-order valence-corrected chi connectivity index (χ2v) is 4.23. The molecule has 2 aromatic rings. The van der Waals surface area contributed by atoms with Crippen molar-refractivity contribution in [3.63, 3.8) is 0 Å². The number of hydrogen-bond donors (Lipinski definition) is 1. The second-order valence-electron chi connectivity index (χ2n) is 4.23. The van der Waals surface area contributed by atoms with E-state index < -0.39 is 5.97 Å². The molecule has 0 saturated heterocycles. The fourth-order valence-corrected chi connectivity index (χ4v) is 2.30. The van der Waals surface area contributed by atoms with Gasteiger partial charge in [-0.3, -0.25) is 9.78 Å². The van der Waals surface area contributed by atoms with Crippen molar-refractivity contribution in [1.29, 1.82) is 0 Å². The quantitative estimate of drug-likeness (QED) is 0.788. The smallest absolute Gasteiger partial charge is 0.307 e. The number of aromatic nitrogens is 1. The first-order valence-electron chi connectivity index (χ1n) is 5.34. The number of pyridine rings is 1. The number of para-hydroxylation sites is 1. The molecule has 16 heavy (non-hydrogen) atoms. The molecule has 0 spiro atoms. The Kier molecular flexibility index (Phi) is 1.93. The Morgan fingerprint density at radius 3 is 2.94 bits per heavy atom. The van der Waals surface area contributed by atoms with Crippen LogP contribution in [0.5, 0.6) is 0 Å². The third-order valence-corrected chi connectivity index (χ3v) is 3.15. The van der Waals surface area contributed by atoms with E-state index in [1.807, 2.05) is 24.3 Å². The maximum absolute atomic E-state index is 10.9. The topological polar surface area (TPSA) is 50.2 Å². The zero-order valence-corrected chi connectivity index (χ0v) is 8.68. The zero-order chi connectivity index (χ0) is 11.1. The Labute approximate surface area is 92.7 Å². The van der Waals surface area contributed by atoms with Gasteiger partial charge in [-0.25, -0.2) is 0 Å². The molecule has 1 N–H and O–H groups in total. The van der Waals surface area contributed by atoms with E-state index in [1.54, 1.807) is 0 Å². The summed E-state index contributed by atoms with van der Waals surface area (Å²) < 4.78 is 0. The average molecular weight is 213 g/mol. The number of benzene rings is 1. The van der Waals surface area contributed by atoms with Gasteiger partial charge in [-0.15, -0.1) is 0 Å². The Balaban J connectivity index is 2.11. The van der Waals surface area contributed by atoms with Crippen LogP contribution in [0, 0.1) is 5.92 Å². The van der Waals surface area contributed by atoms with Crippen LogP contribution in [0.25, 0.3) is 10.9 Å². The predicted octanol–water partition coefficient (Wildman–Crippen LogP) is 2.03. The van der Waals surface area contributed by atoms with Gasteiger partial charge in [-0.1, -0.05) is 18.2 Å². The maximum atomic E-state index is 10.9. The number of nitrogens with zero attached hydrogens (tertiary/aromatic N) is 1. The first kappa shape index (κ1) is 9.33. The molecule has 80 valence electrons. The molecule has 0 radical (unpaired) electrons. The van der Waals surface area contributed by atoms with E-state index in [0.717, 1.165) is 22.2 Å². The van der Waals surface area contributed by atoms with Gasteiger partial charge < -0.3 is 5.11 Å². The van der Waals surface area contributed by atoms with Gasteiger partial charge in [-0.2, -0.15) is 0 Å². The minimum absolute atomic E-state index is 0.292. The maximum Gasteiger partial charge on any atom is 0.307 e. The highest BCUT2D eigenvalue weighted by Crippen LogP contribution is 2.28. The number of carboxylic acid groups (broad SMARTS) is 1. The van der Waals surface area contributed by atoms with E-state index in [-0.39, 0.29) is 5.92 Å². The first-order valence-corrected chi connectivity index (χ1v) is 5.34. The van der Waals surface area contributed by atoms with E-state index in [4.69, 9.17) is 5.11 Å². The average Bonchev–Trinajstić information content (AvgIpc) is 2.68. The highest BCUT2D eigenvalue weighted by atomic mass is 16.4. The summed E-state index contributed by atoms with van der Waals surface area (Å²) >= 11 is 0. The standard InChI is InChI=1S/C13H11NO2/c15-13(16)10-6-9-5-8-3-1-2-4-11(8)14-12(9)7-10/h1-5,10H,6-7H2,(H,15,16)/t10-/m0/s1. The lowest BCUT2D eigenvalue weighted by Crippen LogP contribution is -2.13. The molecule has 3 nitrogen and oxygen atoms in total. The zero-order valence-electron chi connectivity index (χ0n) is 8.68. The van der Waals surface area contributed by atoms with Crippen molar-refractivity contribution in [2.24, 2.45) is 5.92 Å². The van der Waals surface area contributed by atoms with Gasteiger partial charge in [0.2, 0.25) is 0 Å². The molecule has 1 aliphatic carbocycles. The first-order chi connectivity index (χ1) is 7.74. The van der Waals surface area contributed by atoms with Crippen LogP contribution in [-0.2, 0) is 17.6 Å². The molecule has 1 aliphatic rings. The number of hydrogen-bond acceptors (Lipinski definition) is 2. The van der Waals surface area contributed by atoms with Gasteiger partial charge in [0.25, 0.3) is 0 Å². The van der Waals surface area contributed by atoms with Crippen LogP contribution < -0.4 is 0 Å². The molecule has 0 unspecified atom stereocenters. The molecular weight excluding hydrogens is 202 g/mol. The number of aliphatic carboxylic acids is 1. The summed E-state index contributed by atoms with van der Waals surface area (Å²) in [5.74, 6) is -1.01. The Bertz CT molecular complexity index is 533. The van der Waals surface area contributed by atoms with Crippen LogP contribution in [0.2, 0.25) is 0 Å². The van der Waals surface area contributed by atoms with E-state index in [0.29, 0.717) is 12.8 Å². The van der Waals surface area contributed by atoms with Gasteiger partial charge >= 0.3 is 5.97 Å². The van der Waals surface area contributed by atoms with Crippen LogP contribution in [0.15, 0.2) is 30.3 Å². The lowest BCUT2D eigenvalue weighted by Gasteiger charge is -2.01. The molecule has 1 heterocycles. The third kappa shape index (κ3) is 1.36. The molecule has 0 fully saturated rings. The monoisotopic (exact) mass is 213 g/mol. The number of carbonyl (C=O) groups is 1. The summed E-state index contributed by atoms with van der Waals surface area (Å²) in [6.07, 6.45) is 1.18. The number of carboxylic acids is 1. The normalized spacial score (nSPS) is 18.6. The molecule has 1 aromatic heterocycles. The molecule has 0 saturated carbocycles. The Morgan fingerprint density at radius 1 is 1.31 bits per heavy atom. The summed E-state index contributed by atoms with van der Waals surface area (Å²) in [6.45, 7) is 0. The van der Waals surface area contributed by atoms with Gasteiger partial charge in [0.15, 0.2) is 0 Å². The largest absolute Gasteiger partial charge is 0.481 e. The minimum atomic E-state index is -0.720. The second kappa shape index (κ2) is 3.30. The van der Waals surface area contributed by atoms with Crippen molar-refractivity contribution in [3.8, 4) is 0 Å². The van der Waals surface area contributed by atoms with Crippen molar-refractivity contribution in [3.05, 3.63) is 41.6 Å². The summed E-state index contributed by atoms with van der Waals surface area (Å²) in [6, 6.07) is 9.96. The summed E-state index contributed by atoms with van der Waals surface area (Å²) in [4.78, 5) is 15.5. The molecule has 0 aliphatic heterocycles. The summed E-state index contributed by atoms with van der Waals surface area (Å²) in [5, 5.41) is 10.1. The van der Waals surface area contributed by atoms with Crippen molar-refractivity contribution in [2.45, 2.75) is 12.8 Å². The van der Waals surface area contributed by atoms with Crippen molar-refractivity contribution >= 4 is 16.9 Å². The van der Waals surface area contributed by atoms with Crippen molar-refractivity contribution in [1.82, 2.24) is 4.98 Å². The molecule has 3 rings (SSSR count). The third-order valence-electron chi connectivity index (χ3n) is 3.15. The lowest BCUT2D eigenvalue weighted by molar-refractivity contribution is -0.141. The van der Waals surface area contributed by atoms with Crippen molar-refractivity contribution in [2.75, 3.05) is 0 Å². The van der Waals surface area contributed by atoms with E-state index in [2.05, 4.69) is 11.1 Å². The Morgan fingerprint density at radius 2 is 2.12 bits per heavy atom. The molecule has 3 heteroatoms. The van der Waals surface area contributed by atoms with Crippen LogP contribution >= 0.6 is 0 Å². The summed E-state index contributed by atoms with van der Waals surface area (Å²) in [5.41, 5.74) is 2.99. The van der Waals surface area contributed by atoms with E-state index in [9.17, 15) is 4.79 Å². The predicted molar refractivity (Wildman–Crippen MR) is 60.3 cm³/mol. The molecule has 1 atom stereocenters. The van der Waals surface area contributed by atoms with Gasteiger partial charge in [0.05, 0.1) is 11.4 Å². The highest BCUT2D eigenvalue weighted by molar-refractivity contribution is 5.80. The molecule has 1 aromatic carbocycles. The fraction of sp³-hybridized carbons (Fsp3) is 0.231. The van der Waals surface area contributed by atoms with Gasteiger partial charge in [-0.05, 0) is 24.1 Å². The molecule has 0 amide bonds. The van der Waals surface area contributed by atoms with E-state index in [1.165, 1.54) is 0 Å². The molecule has 0 bridgehead atoms. The lowest BCUT2D eigenvalue weighted by atomic mass is 10.1. The van der Waals surface area contributed by atoms with Crippen LogP contribution in [-0.4, -0.2) is 16.1 Å². The summed E-state index contributed by atoms with van der Waals surface area (Å²) in [7, 11) is 0. The number of fused-ring (bicyclic) bond motifs is 2. The van der Waals surface area contributed by atoms with Gasteiger partial charge in [0, 0.05) is 17.5 Å². The molecular formula is C13H11NO2. The Hall–Kier alpha value is -1.90. The minimum Gasteiger partial charge on any atom is -0.481 e. The van der Waals surface area contributed by atoms with Crippen LogP contribution in [0.1, 0.15) is 11.3 Å².